The van der Waals surface area contributed by atoms with Gasteiger partial charge in [0.15, 0.2) is 0 Å². The Morgan fingerprint density at radius 2 is 0.537 bits per heavy atom. The number of carbonyl (C=O) groups excluding carboxylic acids is 5. The maximum Gasteiger partial charge on any atom is 1.00 e. The maximum atomic E-state index is 13.3. The van der Waals surface area contributed by atoms with Crippen LogP contribution in [-0.4, -0.2) is 120 Å². The zero-order chi connectivity index (χ0) is 77.8. The molecule has 0 rings (SSSR count). The summed E-state index contributed by atoms with van der Waals surface area (Å²) in [4.78, 5) is 91.4. The van der Waals surface area contributed by atoms with Crippen LogP contribution in [0.15, 0.2) is 0 Å². The SMILES string of the molecule is CCCCCCCCCCCCCC(=O)N[C@@H](COCC[C@@H](CCCCCCC)OC(=O)CCCCCCCCCCC)COP(=O)([O-])OCCNC(=O)NCCOP(=O)([O-])OC[C@H](COCC[C@@H](CCCCCCC)OC(=O)CCCCCCCCCCC)NC(=O)CCCCCCCCCCCCC.[Na+].[Na+]. The molecular formula is C83H162N4Na2O17P2. The third-order valence-electron chi connectivity index (χ3n) is 19.5. The predicted octanol–water partition coefficient (Wildman–Crippen LogP) is 14.9. The van der Waals surface area contributed by atoms with E-state index in [9.17, 15) is 42.9 Å². The molecule has 25 heteroatoms. The average molecular weight is 1600 g/mol. The van der Waals surface area contributed by atoms with E-state index >= 15 is 0 Å². The van der Waals surface area contributed by atoms with Gasteiger partial charge in [0.1, 0.15) is 12.2 Å². The number of hydrogen-bond acceptors (Lipinski definition) is 17. The van der Waals surface area contributed by atoms with Gasteiger partial charge in [-0.15, -0.1) is 0 Å². The largest absolute Gasteiger partial charge is 1.00 e. The van der Waals surface area contributed by atoms with E-state index in [0.717, 1.165) is 141 Å². The Kier molecular flexibility index (Phi) is 86.9. The molecule has 0 spiro atoms. The molecule has 0 aliphatic rings. The number of amides is 4. The number of esters is 2. The molecule has 0 radical (unpaired) electrons. The van der Waals surface area contributed by atoms with Crippen LogP contribution in [0, 0.1) is 0 Å². The molecule has 0 saturated carbocycles. The number of carbonyl (C=O) groups is 5. The van der Waals surface area contributed by atoms with Crippen molar-refractivity contribution in [2.24, 2.45) is 0 Å². The van der Waals surface area contributed by atoms with Gasteiger partial charge in [-0.2, -0.15) is 0 Å². The van der Waals surface area contributed by atoms with E-state index in [-0.39, 0.29) is 147 Å². The number of unbranched alkanes of at least 4 members (excludes halogenated alkanes) is 44. The molecule has 0 aromatic heterocycles. The minimum Gasteiger partial charge on any atom is -0.756 e. The molecule has 6 atom stereocenters. The fraction of sp³-hybridized carbons (Fsp3) is 0.940. The third kappa shape index (κ3) is 80.5. The van der Waals surface area contributed by atoms with Gasteiger partial charge < -0.3 is 68.1 Å². The Balaban J connectivity index is -0.0000551. The minimum absolute atomic E-state index is 0. The van der Waals surface area contributed by atoms with E-state index in [1.54, 1.807) is 0 Å². The Morgan fingerprint density at radius 1 is 0.296 bits per heavy atom. The van der Waals surface area contributed by atoms with Gasteiger partial charge in [-0.05, 0) is 51.4 Å². The van der Waals surface area contributed by atoms with Crippen LogP contribution in [-0.2, 0) is 65.4 Å². The van der Waals surface area contributed by atoms with Crippen molar-refractivity contribution >= 4 is 45.4 Å². The monoisotopic (exact) mass is 1600 g/mol. The summed E-state index contributed by atoms with van der Waals surface area (Å²) >= 11 is 0. The van der Waals surface area contributed by atoms with Crippen molar-refractivity contribution < 1.29 is 139 Å². The number of hydrogen-bond donors (Lipinski definition) is 4. The normalized spacial score (nSPS) is 13.6. The standard InChI is InChI=1S/C83H164N4O17P2.2Na/c1-7-13-19-25-29-33-35-39-41-47-53-59-79(88)86-75(71-97-67-63-77(57-51-45-23-17-11-5)103-81(90)61-55-49-43-37-31-27-21-15-9-3)73-101-105(93,94)99-69-65-84-83(92)85-66-70-100-106(95,96)102-74-76(87-80(89)60-54-48-42-40-36-34-30-26-20-14-8-2)72-98-68-64-78(58-52-46-24-18-12-6)104-82(91)62-56-50-44-38-32-28-22-16-10-4;;/h75-78H,7-74H2,1-6H3,(H,86,88)(H,87,89)(H,93,94)(H,95,96)(H2,84,85,92);;/q;2*+1/p-2/t75-,76-,77+,78+;;/m0../s1. The second-order valence-electron chi connectivity index (χ2n) is 29.9. The van der Waals surface area contributed by atoms with E-state index in [1.807, 2.05) is 0 Å². The zero-order valence-electron chi connectivity index (χ0n) is 70.7. The van der Waals surface area contributed by atoms with E-state index in [1.165, 1.54) is 167 Å². The number of ether oxygens (including phenoxy) is 4. The number of rotatable bonds is 84. The van der Waals surface area contributed by atoms with Crippen molar-refractivity contribution in [3.63, 3.8) is 0 Å². The van der Waals surface area contributed by atoms with Crippen molar-refractivity contribution in [3.8, 4) is 0 Å². The Bertz CT molecular complexity index is 1980. The molecule has 0 saturated heterocycles. The summed E-state index contributed by atoms with van der Waals surface area (Å²) in [7, 11) is -9.92. The average Bonchev–Trinajstić information content (AvgIpc) is 0.915. The Hall–Kier alpha value is -0.710. The van der Waals surface area contributed by atoms with Crippen LogP contribution >= 0.6 is 15.6 Å². The summed E-state index contributed by atoms with van der Waals surface area (Å²) in [6, 6.07) is -2.45. The van der Waals surface area contributed by atoms with Crippen LogP contribution in [0.1, 0.15) is 414 Å². The Morgan fingerprint density at radius 3 is 0.806 bits per heavy atom. The van der Waals surface area contributed by atoms with Crippen molar-refractivity contribution in [2.75, 3.05) is 65.9 Å². The summed E-state index contributed by atoms with van der Waals surface area (Å²) in [6.45, 7) is 11.1. The molecule has 0 bridgehead atoms. The zero-order valence-corrected chi connectivity index (χ0v) is 76.5. The second-order valence-corrected chi connectivity index (χ2v) is 32.8. The van der Waals surface area contributed by atoms with E-state index in [2.05, 4.69) is 62.8 Å². The third-order valence-corrected chi connectivity index (χ3v) is 21.4. The van der Waals surface area contributed by atoms with Crippen LogP contribution in [0.2, 0.25) is 0 Å². The van der Waals surface area contributed by atoms with Gasteiger partial charge >= 0.3 is 77.1 Å². The molecular weight excluding hydrogens is 1430 g/mol. The summed E-state index contributed by atoms with van der Waals surface area (Å²) in [6.07, 6.45) is 59.5. The topological polar surface area (TPSA) is 288 Å². The Labute approximate surface area is 704 Å². The van der Waals surface area contributed by atoms with Gasteiger partial charge in [-0.25, -0.2) is 4.79 Å². The number of phosphoric ester groups is 2. The van der Waals surface area contributed by atoms with Gasteiger partial charge in [0.2, 0.25) is 11.8 Å². The summed E-state index contributed by atoms with van der Waals surface area (Å²) in [5.74, 6) is -0.912. The summed E-state index contributed by atoms with van der Waals surface area (Å²) < 4.78 is 70.9. The van der Waals surface area contributed by atoms with Gasteiger partial charge in [0.25, 0.3) is 15.6 Å². The van der Waals surface area contributed by atoms with Crippen LogP contribution in [0.4, 0.5) is 4.79 Å². The van der Waals surface area contributed by atoms with Crippen molar-refractivity contribution in [1.82, 2.24) is 21.3 Å². The molecule has 0 aliphatic heterocycles. The van der Waals surface area contributed by atoms with Gasteiger partial charge in [-0.1, -0.05) is 324 Å². The molecule has 0 fully saturated rings. The maximum absolute atomic E-state index is 13.3. The van der Waals surface area contributed by atoms with Crippen LogP contribution in [0.25, 0.3) is 0 Å². The molecule has 0 aliphatic carbocycles. The first-order valence-corrected chi connectivity index (χ1v) is 46.8. The predicted molar refractivity (Wildman–Crippen MR) is 428 cm³/mol. The van der Waals surface area contributed by atoms with Crippen molar-refractivity contribution in [1.29, 1.82) is 0 Å². The van der Waals surface area contributed by atoms with E-state index in [4.69, 9.17) is 37.0 Å². The second kappa shape index (κ2) is 84.2. The van der Waals surface area contributed by atoms with Crippen LogP contribution < -0.4 is 90.2 Å². The van der Waals surface area contributed by atoms with Crippen molar-refractivity contribution in [3.05, 3.63) is 0 Å². The number of nitrogens with one attached hydrogen (secondary N) is 4. The molecule has 2 unspecified atom stereocenters. The van der Waals surface area contributed by atoms with Gasteiger partial charge in [-0.3, -0.25) is 28.3 Å². The number of phosphoric acid groups is 2. The van der Waals surface area contributed by atoms with Gasteiger partial charge in [0.05, 0.1) is 64.9 Å². The fourth-order valence-electron chi connectivity index (χ4n) is 12.9. The molecule has 108 heavy (non-hydrogen) atoms. The van der Waals surface area contributed by atoms with E-state index < -0.39 is 60.2 Å². The molecule has 4 amide bonds. The van der Waals surface area contributed by atoms with Crippen molar-refractivity contribution in [2.45, 2.75) is 438 Å². The van der Waals surface area contributed by atoms with Crippen LogP contribution in [0.5, 0.6) is 0 Å². The van der Waals surface area contributed by atoms with E-state index in [0.29, 0.717) is 51.4 Å². The molecule has 0 aromatic carbocycles. The first-order chi connectivity index (χ1) is 51.5. The molecule has 4 N–H and O–H groups in total. The molecule has 21 nitrogen and oxygen atoms in total. The van der Waals surface area contributed by atoms with Gasteiger partial charge in [0, 0.05) is 51.6 Å². The van der Waals surface area contributed by atoms with Crippen LogP contribution in [0.3, 0.4) is 0 Å². The smallest absolute Gasteiger partial charge is 0.756 e. The first kappa shape index (κ1) is 111. The molecule has 0 aromatic rings. The minimum atomic E-state index is -4.96. The summed E-state index contributed by atoms with van der Waals surface area (Å²) in [5, 5.41) is 10.7. The number of urea groups is 1. The molecule has 628 valence electrons. The first-order valence-electron chi connectivity index (χ1n) is 43.9. The molecule has 0 heterocycles. The fourth-order valence-corrected chi connectivity index (χ4v) is 14.4. The summed E-state index contributed by atoms with van der Waals surface area (Å²) in [5.41, 5.74) is 0. The quantitative estimate of drug-likeness (QED) is 0.0190.